The maximum absolute atomic E-state index is 12.0. The summed E-state index contributed by atoms with van der Waals surface area (Å²) in [6.45, 7) is 4.13. The van der Waals surface area contributed by atoms with Crippen molar-refractivity contribution in [2.24, 2.45) is 0 Å². The Balaban J connectivity index is 2.63. The molecule has 0 aliphatic rings. The van der Waals surface area contributed by atoms with E-state index >= 15 is 0 Å². The number of carbonyl (C=O) groups is 2. The maximum Gasteiger partial charge on any atom is 0.513 e. The van der Waals surface area contributed by atoms with Gasteiger partial charge in [0, 0.05) is 0 Å². The van der Waals surface area contributed by atoms with Gasteiger partial charge in [0.25, 0.3) is 0 Å². The molecule has 0 unspecified atom stereocenters. The second kappa shape index (κ2) is 9.00. The number of rotatable bonds is 7. The van der Waals surface area contributed by atoms with Gasteiger partial charge in [-0.05, 0) is 37.1 Å². The predicted octanol–water partition coefficient (Wildman–Crippen LogP) is 3.96. The summed E-state index contributed by atoms with van der Waals surface area (Å²) in [6.07, 6.45) is 2.84. The van der Waals surface area contributed by atoms with Crippen molar-refractivity contribution in [3.8, 4) is 5.75 Å². The van der Waals surface area contributed by atoms with Crippen molar-refractivity contribution < 1.29 is 23.8 Å². The molecule has 1 aromatic carbocycles. The molecular formula is C16H22O5. The first kappa shape index (κ1) is 17.0. The highest BCUT2D eigenvalue weighted by Crippen LogP contribution is 2.16. The third-order valence-electron chi connectivity index (χ3n) is 2.95. The fraction of sp³-hybridized carbons (Fsp3) is 0.500. The van der Waals surface area contributed by atoms with Crippen molar-refractivity contribution in [2.45, 2.75) is 45.6 Å². The van der Waals surface area contributed by atoms with Gasteiger partial charge in [-0.25, -0.2) is 9.59 Å². The SMILES string of the molecule is CCCC(CCC)OC(=O)c1ccc(OC(=O)OC)cc1. The van der Waals surface area contributed by atoms with Crippen LogP contribution in [0.3, 0.4) is 0 Å². The minimum Gasteiger partial charge on any atom is -0.459 e. The number of hydrogen-bond acceptors (Lipinski definition) is 5. The van der Waals surface area contributed by atoms with Crippen molar-refractivity contribution in [1.82, 2.24) is 0 Å². The van der Waals surface area contributed by atoms with Gasteiger partial charge in [-0.1, -0.05) is 26.7 Å². The highest BCUT2D eigenvalue weighted by atomic mass is 16.7. The van der Waals surface area contributed by atoms with Gasteiger partial charge in [0.1, 0.15) is 11.9 Å². The van der Waals surface area contributed by atoms with Crippen molar-refractivity contribution in [3.05, 3.63) is 29.8 Å². The van der Waals surface area contributed by atoms with E-state index in [4.69, 9.17) is 9.47 Å². The molecule has 0 fully saturated rings. The summed E-state index contributed by atoms with van der Waals surface area (Å²) in [5.74, 6) is -0.0383. The lowest BCUT2D eigenvalue weighted by Crippen LogP contribution is -2.18. The van der Waals surface area contributed by atoms with Crippen LogP contribution >= 0.6 is 0 Å². The van der Waals surface area contributed by atoms with Gasteiger partial charge >= 0.3 is 12.1 Å². The van der Waals surface area contributed by atoms with E-state index in [0.717, 1.165) is 25.7 Å². The summed E-state index contributed by atoms with van der Waals surface area (Å²) >= 11 is 0. The molecule has 0 aromatic heterocycles. The molecule has 0 aliphatic heterocycles. The molecule has 5 heteroatoms. The number of ether oxygens (including phenoxy) is 3. The van der Waals surface area contributed by atoms with E-state index in [1.807, 2.05) is 0 Å². The van der Waals surface area contributed by atoms with Crippen molar-refractivity contribution in [2.75, 3.05) is 7.11 Å². The van der Waals surface area contributed by atoms with Crippen LogP contribution in [-0.2, 0) is 9.47 Å². The Kier molecular flexibility index (Phi) is 7.29. The Morgan fingerprint density at radius 2 is 1.62 bits per heavy atom. The van der Waals surface area contributed by atoms with Gasteiger partial charge in [0.15, 0.2) is 0 Å². The molecule has 0 atom stereocenters. The fourth-order valence-electron chi connectivity index (χ4n) is 1.92. The summed E-state index contributed by atoms with van der Waals surface area (Å²) in [7, 11) is 1.23. The van der Waals surface area contributed by atoms with Gasteiger partial charge in [-0.3, -0.25) is 0 Å². The van der Waals surface area contributed by atoms with Gasteiger partial charge < -0.3 is 14.2 Å². The molecule has 116 valence electrons. The fourth-order valence-corrected chi connectivity index (χ4v) is 1.92. The molecule has 0 N–H and O–H groups in total. The maximum atomic E-state index is 12.0. The Bertz CT molecular complexity index is 446. The molecule has 1 aromatic rings. The molecule has 0 radical (unpaired) electrons. The number of benzene rings is 1. The standard InChI is InChI=1S/C16H22O5/c1-4-6-13(7-5-2)20-15(17)12-8-10-14(11-9-12)21-16(18)19-3/h8-11,13H,4-7H2,1-3H3. The van der Waals surface area contributed by atoms with Crippen LogP contribution in [0.5, 0.6) is 5.75 Å². The van der Waals surface area contributed by atoms with Gasteiger partial charge in [0.05, 0.1) is 12.7 Å². The summed E-state index contributed by atoms with van der Waals surface area (Å²) in [6, 6.07) is 6.19. The molecule has 0 amide bonds. The molecular weight excluding hydrogens is 272 g/mol. The number of esters is 1. The Morgan fingerprint density at radius 3 is 2.10 bits per heavy atom. The zero-order valence-corrected chi connectivity index (χ0v) is 12.8. The van der Waals surface area contributed by atoms with E-state index in [9.17, 15) is 9.59 Å². The number of carbonyl (C=O) groups excluding carboxylic acids is 2. The molecule has 0 saturated carbocycles. The van der Waals surface area contributed by atoms with Gasteiger partial charge in [-0.2, -0.15) is 0 Å². The summed E-state index contributed by atoms with van der Waals surface area (Å²) in [4.78, 5) is 23.0. The van der Waals surface area contributed by atoms with Crippen LogP contribution in [0.1, 0.15) is 49.9 Å². The third kappa shape index (κ3) is 5.85. The zero-order chi connectivity index (χ0) is 15.7. The van der Waals surface area contributed by atoms with Crippen LogP contribution in [0.4, 0.5) is 4.79 Å². The Morgan fingerprint density at radius 1 is 1.05 bits per heavy atom. The van der Waals surface area contributed by atoms with E-state index in [2.05, 4.69) is 18.6 Å². The predicted molar refractivity (Wildman–Crippen MR) is 78.5 cm³/mol. The van der Waals surface area contributed by atoms with Crippen molar-refractivity contribution in [1.29, 1.82) is 0 Å². The summed E-state index contributed by atoms with van der Waals surface area (Å²) in [5.41, 5.74) is 0.435. The molecule has 0 heterocycles. The van der Waals surface area contributed by atoms with E-state index in [1.165, 1.54) is 19.2 Å². The highest BCUT2D eigenvalue weighted by Gasteiger charge is 2.15. The Hall–Kier alpha value is -2.04. The number of methoxy groups -OCH3 is 1. The van der Waals surface area contributed by atoms with E-state index < -0.39 is 6.16 Å². The minimum absolute atomic E-state index is 0.0431. The monoisotopic (exact) mass is 294 g/mol. The normalized spacial score (nSPS) is 10.3. The highest BCUT2D eigenvalue weighted by molar-refractivity contribution is 5.89. The quantitative estimate of drug-likeness (QED) is 0.562. The van der Waals surface area contributed by atoms with Crippen LogP contribution in [-0.4, -0.2) is 25.3 Å². The number of hydrogen-bond donors (Lipinski definition) is 0. The molecule has 5 nitrogen and oxygen atoms in total. The third-order valence-corrected chi connectivity index (χ3v) is 2.95. The first-order chi connectivity index (χ1) is 10.1. The van der Waals surface area contributed by atoms with Gasteiger partial charge in [0.2, 0.25) is 0 Å². The second-order valence-corrected chi connectivity index (χ2v) is 4.69. The average Bonchev–Trinajstić information content (AvgIpc) is 2.48. The molecule has 0 spiro atoms. The van der Waals surface area contributed by atoms with Crippen LogP contribution in [0.25, 0.3) is 0 Å². The van der Waals surface area contributed by atoms with Crippen LogP contribution in [0.15, 0.2) is 24.3 Å². The lowest BCUT2D eigenvalue weighted by molar-refractivity contribution is 0.0258. The summed E-state index contributed by atoms with van der Waals surface area (Å²) < 4.78 is 14.7. The molecule has 1 rings (SSSR count). The second-order valence-electron chi connectivity index (χ2n) is 4.69. The molecule has 0 saturated heterocycles. The zero-order valence-electron chi connectivity index (χ0n) is 12.8. The smallest absolute Gasteiger partial charge is 0.459 e. The minimum atomic E-state index is -0.795. The van der Waals surface area contributed by atoms with Crippen LogP contribution in [0, 0.1) is 0 Å². The van der Waals surface area contributed by atoms with Crippen molar-refractivity contribution in [3.63, 3.8) is 0 Å². The van der Waals surface area contributed by atoms with E-state index in [-0.39, 0.29) is 12.1 Å². The van der Waals surface area contributed by atoms with Crippen molar-refractivity contribution >= 4 is 12.1 Å². The first-order valence-corrected chi connectivity index (χ1v) is 7.17. The van der Waals surface area contributed by atoms with Crippen LogP contribution in [0.2, 0.25) is 0 Å². The van der Waals surface area contributed by atoms with E-state index in [0.29, 0.717) is 11.3 Å². The largest absolute Gasteiger partial charge is 0.513 e. The lowest BCUT2D eigenvalue weighted by atomic mass is 10.1. The molecule has 0 aliphatic carbocycles. The summed E-state index contributed by atoms with van der Waals surface area (Å²) in [5, 5.41) is 0. The molecule has 0 bridgehead atoms. The lowest BCUT2D eigenvalue weighted by Gasteiger charge is -2.16. The first-order valence-electron chi connectivity index (χ1n) is 7.17. The van der Waals surface area contributed by atoms with Crippen LogP contribution < -0.4 is 4.74 Å². The topological polar surface area (TPSA) is 61.8 Å². The Labute approximate surface area is 125 Å². The molecule has 21 heavy (non-hydrogen) atoms. The van der Waals surface area contributed by atoms with Gasteiger partial charge in [-0.15, -0.1) is 0 Å². The average molecular weight is 294 g/mol. The van der Waals surface area contributed by atoms with E-state index in [1.54, 1.807) is 12.1 Å².